The smallest absolute Gasteiger partial charge is 0.0991 e. The third kappa shape index (κ3) is 4.70. The lowest BCUT2D eigenvalue weighted by Gasteiger charge is -2.35. The van der Waals surface area contributed by atoms with Crippen LogP contribution in [0.3, 0.4) is 0 Å². The normalized spacial score (nSPS) is 18.6. The maximum absolute atomic E-state index is 10.7. The summed E-state index contributed by atoms with van der Waals surface area (Å²) in [6.45, 7) is 3.20. The van der Waals surface area contributed by atoms with Crippen molar-refractivity contribution in [1.82, 2.24) is 9.88 Å². The summed E-state index contributed by atoms with van der Waals surface area (Å²) in [5.74, 6) is 0.323. The van der Waals surface area contributed by atoms with E-state index >= 15 is 0 Å². The lowest BCUT2D eigenvalue weighted by atomic mass is 9.88. The fourth-order valence-electron chi connectivity index (χ4n) is 4.58. The van der Waals surface area contributed by atoms with Gasteiger partial charge in [-0.2, -0.15) is 5.26 Å². The highest BCUT2D eigenvalue weighted by Gasteiger charge is 2.26. The lowest BCUT2D eigenvalue weighted by Crippen LogP contribution is -2.38. The van der Waals surface area contributed by atoms with E-state index in [0.29, 0.717) is 5.92 Å². The first-order chi connectivity index (χ1) is 14.2. The van der Waals surface area contributed by atoms with Gasteiger partial charge in [-0.1, -0.05) is 30.3 Å². The molecule has 0 bridgehead atoms. The van der Waals surface area contributed by atoms with Crippen molar-refractivity contribution >= 4 is 10.9 Å². The molecular weight excluding hydrogens is 358 g/mol. The number of aromatic nitrogens is 1. The van der Waals surface area contributed by atoms with Gasteiger partial charge >= 0.3 is 0 Å². The highest BCUT2D eigenvalue weighted by atomic mass is 16.3. The summed E-state index contributed by atoms with van der Waals surface area (Å²) >= 11 is 0. The minimum Gasteiger partial charge on any atom is -0.388 e. The molecule has 0 aliphatic carbocycles. The number of nitrogens with zero attached hydrogens (tertiary/aromatic N) is 2. The minimum absolute atomic E-state index is 0.323. The second kappa shape index (κ2) is 9.26. The molecule has 0 spiro atoms. The predicted molar refractivity (Wildman–Crippen MR) is 117 cm³/mol. The molecule has 1 aromatic heterocycles. The van der Waals surface area contributed by atoms with E-state index in [4.69, 9.17) is 5.26 Å². The largest absolute Gasteiger partial charge is 0.388 e. The maximum atomic E-state index is 10.7. The summed E-state index contributed by atoms with van der Waals surface area (Å²) in [6, 6.07) is 18.1. The molecule has 2 aromatic carbocycles. The van der Waals surface area contributed by atoms with Crippen LogP contribution in [0.5, 0.6) is 0 Å². The molecule has 1 aliphatic heterocycles. The van der Waals surface area contributed by atoms with E-state index < -0.39 is 0 Å². The van der Waals surface area contributed by atoms with Gasteiger partial charge < -0.3 is 15.0 Å². The number of aromatic amines is 1. The molecule has 2 N–H and O–H groups in total. The molecule has 4 heteroatoms. The summed E-state index contributed by atoms with van der Waals surface area (Å²) in [6.07, 6.45) is 7.29. The van der Waals surface area contributed by atoms with Crippen molar-refractivity contribution in [2.75, 3.05) is 19.6 Å². The third-order valence-corrected chi connectivity index (χ3v) is 6.20. The van der Waals surface area contributed by atoms with Gasteiger partial charge in [0.2, 0.25) is 0 Å². The molecule has 1 unspecified atom stereocenters. The van der Waals surface area contributed by atoms with Gasteiger partial charge in [0.05, 0.1) is 17.7 Å². The lowest BCUT2D eigenvalue weighted by molar-refractivity contribution is 0.0498. The average Bonchev–Trinajstić information content (AvgIpc) is 3.19. The van der Waals surface area contributed by atoms with Crippen LogP contribution in [0.4, 0.5) is 0 Å². The van der Waals surface area contributed by atoms with Crippen LogP contribution < -0.4 is 0 Å². The molecule has 4 rings (SSSR count). The predicted octanol–water partition coefficient (Wildman–Crippen LogP) is 4.81. The van der Waals surface area contributed by atoms with Gasteiger partial charge in [-0.15, -0.1) is 0 Å². The number of nitriles is 1. The number of hydrogen-bond acceptors (Lipinski definition) is 3. The fourth-order valence-corrected chi connectivity index (χ4v) is 4.58. The van der Waals surface area contributed by atoms with Gasteiger partial charge in [0, 0.05) is 29.6 Å². The molecule has 150 valence electrons. The summed E-state index contributed by atoms with van der Waals surface area (Å²) in [7, 11) is 0. The minimum atomic E-state index is -0.362. The summed E-state index contributed by atoms with van der Waals surface area (Å²) in [5.41, 5.74) is 4.16. The number of H-pyrrole nitrogens is 1. The van der Waals surface area contributed by atoms with E-state index in [9.17, 15) is 5.11 Å². The van der Waals surface area contributed by atoms with Gasteiger partial charge in [-0.25, -0.2) is 0 Å². The van der Waals surface area contributed by atoms with Crippen LogP contribution in [0, 0.1) is 17.2 Å². The van der Waals surface area contributed by atoms with E-state index in [0.717, 1.165) is 68.4 Å². The van der Waals surface area contributed by atoms with Crippen molar-refractivity contribution < 1.29 is 5.11 Å². The molecular formula is C25H29N3O. The first-order valence-corrected chi connectivity index (χ1v) is 10.7. The maximum Gasteiger partial charge on any atom is 0.0991 e. The Hall–Kier alpha value is -2.61. The van der Waals surface area contributed by atoms with Crippen LogP contribution in [-0.2, 0) is 6.42 Å². The number of aryl methyl sites for hydroxylation is 1. The number of unbranched alkanes of at least 4 members (excludes halogenated alkanes) is 1. The Morgan fingerprint density at radius 3 is 2.86 bits per heavy atom. The van der Waals surface area contributed by atoms with Gasteiger partial charge in [-0.05, 0) is 74.5 Å². The zero-order chi connectivity index (χ0) is 20.1. The van der Waals surface area contributed by atoms with Crippen molar-refractivity contribution in [3.63, 3.8) is 0 Å². The quantitative estimate of drug-likeness (QED) is 0.572. The average molecular weight is 388 g/mol. The molecule has 1 fully saturated rings. The fraction of sp³-hybridized carbons (Fsp3) is 0.400. The number of likely N-dealkylation sites (tertiary alicyclic amines) is 1. The van der Waals surface area contributed by atoms with Crippen LogP contribution in [0.2, 0.25) is 0 Å². The van der Waals surface area contributed by atoms with Gasteiger partial charge in [-0.3, -0.25) is 0 Å². The van der Waals surface area contributed by atoms with Crippen LogP contribution >= 0.6 is 0 Å². The third-order valence-electron chi connectivity index (χ3n) is 6.20. The van der Waals surface area contributed by atoms with Crippen LogP contribution in [0.1, 0.15) is 48.5 Å². The molecule has 0 saturated carbocycles. The number of hydrogen-bond donors (Lipinski definition) is 2. The number of rotatable bonds is 7. The zero-order valence-corrected chi connectivity index (χ0v) is 16.8. The standard InChI is InChI=1S/C25H29N3O/c26-16-19-11-12-24-23(15-19)21(17-27-24)9-4-5-13-28-14-6-10-22(18-28)25(29)20-7-2-1-3-8-20/h1-3,7-8,11-12,15,17,22,25,27,29H,4-6,9-10,13-14,18H2/t22-,25?/m1/s1. The number of aliphatic hydroxyl groups excluding tert-OH is 1. The van der Waals surface area contributed by atoms with E-state index in [1.165, 1.54) is 10.9 Å². The first-order valence-electron chi connectivity index (χ1n) is 10.7. The van der Waals surface area contributed by atoms with E-state index in [-0.39, 0.29) is 6.10 Å². The number of nitrogens with one attached hydrogen (secondary N) is 1. The molecule has 29 heavy (non-hydrogen) atoms. The summed E-state index contributed by atoms with van der Waals surface area (Å²) in [5, 5.41) is 21.1. The van der Waals surface area contributed by atoms with Gasteiger partial charge in [0.15, 0.2) is 0 Å². The number of piperidine rings is 1. The van der Waals surface area contributed by atoms with E-state index in [1.807, 2.05) is 48.5 Å². The molecule has 2 atom stereocenters. The Morgan fingerprint density at radius 1 is 1.17 bits per heavy atom. The Labute approximate surface area is 172 Å². The Balaban J connectivity index is 1.27. The number of benzene rings is 2. The molecule has 1 aliphatic rings. The first kappa shape index (κ1) is 19.7. The molecule has 4 nitrogen and oxygen atoms in total. The highest BCUT2D eigenvalue weighted by Crippen LogP contribution is 2.30. The highest BCUT2D eigenvalue weighted by molar-refractivity contribution is 5.84. The monoisotopic (exact) mass is 387 g/mol. The summed E-state index contributed by atoms with van der Waals surface area (Å²) < 4.78 is 0. The SMILES string of the molecule is N#Cc1ccc2[nH]cc(CCCCN3CCC[C@@H](C(O)c4ccccc4)C3)c2c1. The second-order valence-corrected chi connectivity index (χ2v) is 8.20. The van der Waals surface area contributed by atoms with Crippen LogP contribution in [0.25, 0.3) is 10.9 Å². The molecule has 2 heterocycles. The second-order valence-electron chi connectivity index (χ2n) is 8.20. The molecule has 0 radical (unpaired) electrons. The van der Waals surface area contributed by atoms with Crippen molar-refractivity contribution in [1.29, 1.82) is 5.26 Å². The molecule has 1 saturated heterocycles. The van der Waals surface area contributed by atoms with Crippen LogP contribution in [0.15, 0.2) is 54.7 Å². The van der Waals surface area contributed by atoms with E-state index in [2.05, 4.69) is 22.1 Å². The Bertz CT molecular complexity index is 973. The zero-order valence-electron chi connectivity index (χ0n) is 16.8. The van der Waals surface area contributed by atoms with Crippen LogP contribution in [-0.4, -0.2) is 34.6 Å². The van der Waals surface area contributed by atoms with Crippen molar-refractivity contribution in [2.45, 2.75) is 38.2 Å². The summed E-state index contributed by atoms with van der Waals surface area (Å²) in [4.78, 5) is 5.83. The Morgan fingerprint density at radius 2 is 2.03 bits per heavy atom. The van der Waals surface area contributed by atoms with Gasteiger partial charge in [0.1, 0.15) is 0 Å². The van der Waals surface area contributed by atoms with E-state index in [1.54, 1.807) is 0 Å². The Kier molecular flexibility index (Phi) is 6.29. The topological polar surface area (TPSA) is 63.0 Å². The number of fused-ring (bicyclic) bond motifs is 1. The molecule has 0 amide bonds. The van der Waals surface area contributed by atoms with Crippen molar-refractivity contribution in [3.8, 4) is 6.07 Å². The van der Waals surface area contributed by atoms with Crippen molar-refractivity contribution in [2.24, 2.45) is 5.92 Å². The number of aliphatic hydroxyl groups is 1. The van der Waals surface area contributed by atoms with Crippen molar-refractivity contribution in [3.05, 3.63) is 71.4 Å². The van der Waals surface area contributed by atoms with Gasteiger partial charge in [0.25, 0.3) is 0 Å². The molecule has 3 aromatic rings.